The number of aliphatic hydroxyl groups excluding tert-OH is 2. The van der Waals surface area contributed by atoms with Crippen LogP contribution < -0.4 is 14.2 Å². The molecule has 42 heavy (non-hydrogen) atoms. The standard InChI is InChI=1S/C29H37N7O5S/c1-7-42(20(4)26(41-17-22(38)16-37)27-31-13-19(3)14-32-27)35-29-34-33-28(21-11-18(2)12-30-15-21)36(29)25-23(39-5)9-8-10-24(25)40-6/h7-15,20,22,26,37-38H,16-17H2,1-6H3,(H,34,35)/t20-,22+,26+,42?/m1/s1. The van der Waals surface area contributed by atoms with E-state index < -0.39 is 29.5 Å². The minimum Gasteiger partial charge on any atom is -0.494 e. The van der Waals surface area contributed by atoms with Crippen molar-refractivity contribution in [1.82, 2.24) is 29.7 Å². The first-order valence-corrected chi connectivity index (χ1v) is 14.7. The lowest BCUT2D eigenvalue weighted by molar-refractivity contribution is -0.0317. The monoisotopic (exact) mass is 595 g/mol. The number of rotatable bonds is 13. The molecule has 224 valence electrons. The highest BCUT2D eigenvalue weighted by molar-refractivity contribution is 8.16. The zero-order valence-corrected chi connectivity index (χ0v) is 25.4. The second-order valence-corrected chi connectivity index (χ2v) is 11.7. The number of aryl methyl sites for hydroxylation is 2. The Bertz CT molecular complexity index is 1490. The molecule has 4 aromatic rings. The molecule has 0 bridgehead atoms. The summed E-state index contributed by atoms with van der Waals surface area (Å²) in [4.78, 5) is 13.4. The number of benzene rings is 1. The molecule has 0 saturated heterocycles. The quantitative estimate of drug-likeness (QED) is 0.194. The molecular weight excluding hydrogens is 558 g/mol. The summed E-state index contributed by atoms with van der Waals surface area (Å²) in [6, 6.07) is 7.53. The number of nitrogens with one attached hydrogen (secondary N) is 1. The van der Waals surface area contributed by atoms with Crippen LogP contribution in [0.4, 0.5) is 5.95 Å². The zero-order chi connectivity index (χ0) is 30.2. The van der Waals surface area contributed by atoms with Crippen LogP contribution in [0.2, 0.25) is 0 Å². The van der Waals surface area contributed by atoms with Crippen LogP contribution in [0, 0.1) is 13.8 Å². The number of para-hydroxylation sites is 1. The molecule has 0 saturated carbocycles. The van der Waals surface area contributed by atoms with Gasteiger partial charge in [-0.15, -0.1) is 10.2 Å². The number of methoxy groups -OCH3 is 2. The Kier molecular flexibility index (Phi) is 10.6. The van der Waals surface area contributed by atoms with Crippen LogP contribution >= 0.6 is 10.7 Å². The summed E-state index contributed by atoms with van der Waals surface area (Å²) in [6.45, 7) is 7.32. The minimum atomic E-state index is -1.03. The van der Waals surface area contributed by atoms with Gasteiger partial charge in [0.05, 0.1) is 27.4 Å². The maximum Gasteiger partial charge on any atom is 0.239 e. The molecule has 0 radical (unpaired) electrons. The maximum absolute atomic E-state index is 10.0. The van der Waals surface area contributed by atoms with Crippen LogP contribution in [0.1, 0.15) is 36.9 Å². The molecule has 13 heteroatoms. The molecule has 1 unspecified atom stereocenters. The Hall–Kier alpha value is -3.91. The molecule has 3 N–H and O–H groups in total. The summed E-state index contributed by atoms with van der Waals surface area (Å²) in [5, 5.41) is 30.3. The van der Waals surface area contributed by atoms with Gasteiger partial charge in [-0.05, 0) is 62.4 Å². The molecule has 4 atom stereocenters. The van der Waals surface area contributed by atoms with E-state index in [1.807, 2.05) is 61.9 Å². The Morgan fingerprint density at radius 1 is 1.02 bits per heavy atom. The highest BCUT2D eigenvalue weighted by atomic mass is 32.2. The van der Waals surface area contributed by atoms with Crippen LogP contribution in [0.15, 0.2) is 49.1 Å². The molecule has 3 aromatic heterocycles. The second kappa shape index (κ2) is 14.3. The van der Waals surface area contributed by atoms with Crippen molar-refractivity contribution in [2.45, 2.75) is 45.2 Å². The smallest absolute Gasteiger partial charge is 0.239 e. The molecule has 0 aliphatic carbocycles. The first-order valence-electron chi connectivity index (χ1n) is 13.4. The van der Waals surface area contributed by atoms with Crippen molar-refractivity contribution in [3.8, 4) is 28.6 Å². The predicted octanol–water partition coefficient (Wildman–Crippen LogP) is 3.67. The van der Waals surface area contributed by atoms with Crippen molar-refractivity contribution in [3.05, 3.63) is 66.0 Å². The largest absolute Gasteiger partial charge is 0.494 e. The van der Waals surface area contributed by atoms with E-state index in [0.29, 0.717) is 34.8 Å². The number of hydrogen-bond donors (Lipinski definition) is 3. The van der Waals surface area contributed by atoms with E-state index in [-0.39, 0.29) is 11.9 Å². The highest BCUT2D eigenvalue weighted by Crippen LogP contribution is 2.40. The van der Waals surface area contributed by atoms with Crippen LogP contribution in [0.3, 0.4) is 0 Å². The minimum absolute atomic E-state index is 0.0806. The number of nitrogens with zero attached hydrogens (tertiary/aromatic N) is 6. The van der Waals surface area contributed by atoms with E-state index in [1.54, 1.807) is 39.0 Å². The fourth-order valence-corrected chi connectivity index (χ4v) is 5.86. The number of hydrogen-bond acceptors (Lipinski definition) is 11. The van der Waals surface area contributed by atoms with Gasteiger partial charge in [-0.3, -0.25) is 9.55 Å². The Labute approximate surface area is 247 Å². The molecule has 4 rings (SSSR count). The van der Waals surface area contributed by atoms with Crippen molar-refractivity contribution in [2.24, 2.45) is 0 Å². The van der Waals surface area contributed by atoms with Gasteiger partial charge in [-0.2, -0.15) is 0 Å². The molecule has 0 spiro atoms. The van der Waals surface area contributed by atoms with Gasteiger partial charge < -0.3 is 29.1 Å². The van der Waals surface area contributed by atoms with E-state index in [9.17, 15) is 10.2 Å². The fraction of sp³-hybridized carbons (Fsp3) is 0.379. The number of pyridine rings is 1. The van der Waals surface area contributed by atoms with Gasteiger partial charge in [0.2, 0.25) is 5.95 Å². The highest BCUT2D eigenvalue weighted by Gasteiger charge is 2.29. The summed E-state index contributed by atoms with van der Waals surface area (Å²) in [5.41, 5.74) is 3.28. The second-order valence-electron chi connectivity index (χ2n) is 9.57. The van der Waals surface area contributed by atoms with E-state index in [1.165, 1.54) is 0 Å². The van der Waals surface area contributed by atoms with Gasteiger partial charge in [0.15, 0.2) is 11.6 Å². The van der Waals surface area contributed by atoms with Crippen LogP contribution in [0.25, 0.3) is 17.1 Å². The SMILES string of the molecule is C/C=S(/Nc1nnc(-c2cncc(C)c2)n1-c1c(OC)cccc1OC)[C@H](C)[C@H](OC[C@@H](O)CO)c1ncc(C)cn1. The van der Waals surface area contributed by atoms with Gasteiger partial charge in [0, 0.05) is 35.6 Å². The number of ether oxygens (including phenoxy) is 3. The van der Waals surface area contributed by atoms with Gasteiger partial charge in [-0.1, -0.05) is 16.7 Å². The van der Waals surface area contributed by atoms with Crippen molar-refractivity contribution in [3.63, 3.8) is 0 Å². The third-order valence-corrected chi connectivity index (χ3v) is 8.42. The third kappa shape index (κ3) is 6.93. The zero-order valence-electron chi connectivity index (χ0n) is 24.6. The predicted molar refractivity (Wildman–Crippen MR) is 163 cm³/mol. The molecule has 12 nitrogen and oxygen atoms in total. The Balaban J connectivity index is 1.80. The maximum atomic E-state index is 10.0. The van der Waals surface area contributed by atoms with Gasteiger partial charge >= 0.3 is 0 Å². The molecule has 3 heterocycles. The number of anilines is 1. The van der Waals surface area contributed by atoms with Gasteiger partial charge in [0.1, 0.15) is 29.4 Å². The van der Waals surface area contributed by atoms with E-state index in [4.69, 9.17) is 14.2 Å². The number of aliphatic hydroxyl groups is 2. The van der Waals surface area contributed by atoms with Gasteiger partial charge in [-0.25, -0.2) is 9.97 Å². The van der Waals surface area contributed by atoms with Gasteiger partial charge in [0.25, 0.3) is 0 Å². The first kappa shape index (κ1) is 31.0. The molecular formula is C29H37N7O5S. The summed E-state index contributed by atoms with van der Waals surface area (Å²) in [6.07, 6.45) is 5.33. The molecule has 0 amide bonds. The summed E-state index contributed by atoms with van der Waals surface area (Å²) in [5.74, 6) is 2.60. The van der Waals surface area contributed by atoms with E-state index in [2.05, 4.69) is 29.9 Å². The topological polar surface area (TPSA) is 150 Å². The summed E-state index contributed by atoms with van der Waals surface area (Å²) in [7, 11) is 2.52. The molecule has 0 aliphatic rings. The first-order chi connectivity index (χ1) is 20.3. The normalized spacial score (nSPS) is 14.3. The Morgan fingerprint density at radius 2 is 1.71 bits per heavy atom. The van der Waals surface area contributed by atoms with Crippen molar-refractivity contribution < 1.29 is 24.4 Å². The van der Waals surface area contributed by atoms with Crippen LogP contribution in [-0.2, 0) is 4.74 Å². The molecule has 1 aromatic carbocycles. The van der Waals surface area contributed by atoms with Crippen LogP contribution in [-0.4, -0.2) is 84.1 Å². The molecule has 0 aliphatic heterocycles. The van der Waals surface area contributed by atoms with Crippen molar-refractivity contribution in [2.75, 3.05) is 32.2 Å². The van der Waals surface area contributed by atoms with Crippen molar-refractivity contribution >= 4 is 22.0 Å². The lowest BCUT2D eigenvalue weighted by Gasteiger charge is -2.28. The molecule has 0 fully saturated rings. The number of aromatic nitrogens is 6. The summed E-state index contributed by atoms with van der Waals surface area (Å²) < 4.78 is 23.0. The lowest BCUT2D eigenvalue weighted by Crippen LogP contribution is -2.27. The average Bonchev–Trinajstić information content (AvgIpc) is 3.42. The third-order valence-electron chi connectivity index (χ3n) is 6.45. The lowest BCUT2D eigenvalue weighted by atomic mass is 10.2. The van der Waals surface area contributed by atoms with Crippen LogP contribution in [0.5, 0.6) is 11.5 Å². The van der Waals surface area contributed by atoms with Crippen molar-refractivity contribution in [1.29, 1.82) is 0 Å². The fourth-order valence-electron chi connectivity index (χ4n) is 4.32. The summed E-state index contributed by atoms with van der Waals surface area (Å²) >= 11 is 0. The van der Waals surface area contributed by atoms with E-state index in [0.717, 1.165) is 16.7 Å². The van der Waals surface area contributed by atoms with E-state index >= 15 is 0 Å². The Morgan fingerprint density at radius 3 is 2.31 bits per heavy atom. The average molecular weight is 596 g/mol.